The normalized spacial score (nSPS) is 15.9. The number of pyridine rings is 1. The van der Waals surface area contributed by atoms with E-state index in [4.69, 9.17) is 24.9 Å². The minimum Gasteiger partial charge on any atom is -0.497 e. The molecule has 188 valence electrons. The number of carbonyl (C=O) groups excluding carboxylic acids is 2. The van der Waals surface area contributed by atoms with Crippen molar-refractivity contribution < 1.29 is 23.8 Å². The number of ether oxygens (including phenoxy) is 3. The second-order valence-corrected chi connectivity index (χ2v) is 11.2. The lowest BCUT2D eigenvalue weighted by Crippen LogP contribution is -2.28. The molecule has 2 aromatic carbocycles. The Balaban J connectivity index is 1.56. The van der Waals surface area contributed by atoms with Gasteiger partial charge >= 0.3 is 0 Å². The maximum Gasteiger partial charge on any atom is 0.205 e. The van der Waals surface area contributed by atoms with Crippen LogP contribution in [0.15, 0.2) is 42.5 Å². The molecule has 0 amide bonds. The zero-order valence-electron chi connectivity index (χ0n) is 20.8. The van der Waals surface area contributed by atoms with Gasteiger partial charge in [-0.2, -0.15) is 0 Å². The summed E-state index contributed by atoms with van der Waals surface area (Å²) in [6.45, 7) is 5.06. The van der Waals surface area contributed by atoms with Crippen molar-refractivity contribution in [1.82, 2.24) is 4.98 Å². The fourth-order valence-corrected chi connectivity index (χ4v) is 6.28. The predicted octanol–water partition coefficient (Wildman–Crippen LogP) is 5.71. The number of anilines is 1. The van der Waals surface area contributed by atoms with Crippen LogP contribution < -0.4 is 19.9 Å². The molecule has 0 unspecified atom stereocenters. The summed E-state index contributed by atoms with van der Waals surface area (Å²) in [6, 6.07) is 12.7. The molecule has 4 aromatic rings. The number of benzene rings is 2. The topological polar surface area (TPSA) is 101 Å². The van der Waals surface area contributed by atoms with Gasteiger partial charge in [-0.15, -0.1) is 11.3 Å². The largest absolute Gasteiger partial charge is 0.497 e. The minimum atomic E-state index is -0.220. The quantitative estimate of drug-likeness (QED) is 0.348. The Labute approximate surface area is 218 Å². The number of Topliss-reactive ketones (excluding diaryl/α,β-unsaturated/α-hetero) is 1. The lowest BCUT2D eigenvalue weighted by Gasteiger charge is -2.31. The van der Waals surface area contributed by atoms with Gasteiger partial charge in [-0.25, -0.2) is 4.98 Å². The molecular formula is C29H26N2O5S. The summed E-state index contributed by atoms with van der Waals surface area (Å²) >= 11 is 1.26. The SMILES string of the molecule is COc1ccc(-c2c3c(nc4sc(C(=O)c5ccc6c(c5)OCCO6)c(N)c24)CC(C)(C)CC3=O)cc1. The number of fused-ring (bicyclic) bond motifs is 3. The van der Waals surface area contributed by atoms with Gasteiger partial charge in [0.15, 0.2) is 17.3 Å². The minimum absolute atomic E-state index is 0.0387. The molecule has 8 heteroatoms. The Morgan fingerprint density at radius 1 is 1.03 bits per heavy atom. The Kier molecular flexibility index (Phi) is 5.45. The van der Waals surface area contributed by atoms with Gasteiger partial charge in [0.05, 0.1) is 18.5 Å². The predicted molar refractivity (Wildman–Crippen MR) is 143 cm³/mol. The molecule has 0 bridgehead atoms. The van der Waals surface area contributed by atoms with Crippen molar-refractivity contribution in [3.05, 3.63) is 64.2 Å². The van der Waals surface area contributed by atoms with Crippen molar-refractivity contribution >= 4 is 38.8 Å². The summed E-state index contributed by atoms with van der Waals surface area (Å²) in [7, 11) is 1.61. The third-order valence-corrected chi connectivity index (χ3v) is 8.00. The number of aromatic nitrogens is 1. The molecule has 2 aliphatic rings. The summed E-state index contributed by atoms with van der Waals surface area (Å²) in [5.74, 6) is 1.68. The van der Waals surface area contributed by atoms with E-state index in [1.165, 1.54) is 11.3 Å². The molecule has 0 spiro atoms. The van der Waals surface area contributed by atoms with Crippen LogP contribution in [-0.2, 0) is 6.42 Å². The van der Waals surface area contributed by atoms with Crippen LogP contribution in [0.25, 0.3) is 21.3 Å². The van der Waals surface area contributed by atoms with Crippen molar-refractivity contribution in [2.24, 2.45) is 5.41 Å². The Morgan fingerprint density at radius 2 is 1.76 bits per heavy atom. The van der Waals surface area contributed by atoms with E-state index in [9.17, 15) is 9.59 Å². The maximum atomic E-state index is 13.7. The van der Waals surface area contributed by atoms with E-state index in [0.717, 1.165) is 16.8 Å². The van der Waals surface area contributed by atoms with Crippen LogP contribution in [0.5, 0.6) is 17.2 Å². The summed E-state index contributed by atoms with van der Waals surface area (Å²) < 4.78 is 16.6. The van der Waals surface area contributed by atoms with Crippen molar-refractivity contribution in [2.45, 2.75) is 26.7 Å². The van der Waals surface area contributed by atoms with E-state index >= 15 is 0 Å². The fraction of sp³-hybridized carbons (Fsp3) is 0.276. The average Bonchev–Trinajstić information content (AvgIpc) is 3.21. The second kappa shape index (κ2) is 8.59. The zero-order valence-corrected chi connectivity index (χ0v) is 21.7. The van der Waals surface area contributed by atoms with Crippen LogP contribution in [0.2, 0.25) is 0 Å². The summed E-state index contributed by atoms with van der Waals surface area (Å²) in [6.07, 6.45) is 1.08. The molecule has 2 aromatic heterocycles. The first kappa shape index (κ1) is 23.5. The van der Waals surface area contributed by atoms with Gasteiger partial charge in [-0.1, -0.05) is 26.0 Å². The van der Waals surface area contributed by atoms with E-state index in [1.807, 2.05) is 24.3 Å². The van der Waals surface area contributed by atoms with Crippen molar-refractivity contribution in [3.63, 3.8) is 0 Å². The lowest BCUT2D eigenvalue weighted by molar-refractivity contribution is 0.0911. The zero-order chi connectivity index (χ0) is 25.9. The van der Waals surface area contributed by atoms with Gasteiger partial charge in [-0.3, -0.25) is 9.59 Å². The highest BCUT2D eigenvalue weighted by Gasteiger charge is 2.36. The third kappa shape index (κ3) is 3.92. The molecular weight excluding hydrogens is 488 g/mol. The van der Waals surface area contributed by atoms with Crippen molar-refractivity contribution in [1.29, 1.82) is 0 Å². The smallest absolute Gasteiger partial charge is 0.205 e. The summed E-state index contributed by atoms with van der Waals surface area (Å²) in [4.78, 5) is 33.1. The molecule has 6 rings (SSSR count). The molecule has 0 saturated carbocycles. The van der Waals surface area contributed by atoms with E-state index < -0.39 is 0 Å². The third-order valence-electron chi connectivity index (χ3n) is 6.90. The fourth-order valence-electron chi connectivity index (χ4n) is 5.20. The number of nitrogen functional groups attached to an aromatic ring is 1. The Morgan fingerprint density at radius 3 is 2.49 bits per heavy atom. The van der Waals surface area contributed by atoms with Crippen LogP contribution in [-0.4, -0.2) is 36.9 Å². The second-order valence-electron chi connectivity index (χ2n) is 10.2. The van der Waals surface area contributed by atoms with Crippen LogP contribution >= 0.6 is 11.3 Å². The van der Waals surface area contributed by atoms with Crippen molar-refractivity contribution in [2.75, 3.05) is 26.1 Å². The van der Waals surface area contributed by atoms with Gasteiger partial charge < -0.3 is 19.9 Å². The number of nitrogens with zero attached hydrogens (tertiary/aromatic N) is 1. The molecule has 0 atom stereocenters. The summed E-state index contributed by atoms with van der Waals surface area (Å²) in [5.41, 5.74) is 10.2. The monoisotopic (exact) mass is 514 g/mol. The molecule has 0 fully saturated rings. The molecule has 3 heterocycles. The van der Waals surface area contributed by atoms with Gasteiger partial charge in [0.1, 0.15) is 28.7 Å². The molecule has 1 aliphatic heterocycles. The maximum absolute atomic E-state index is 13.7. The Bertz CT molecular complexity index is 1590. The van der Waals surface area contributed by atoms with Crippen LogP contribution in [0.1, 0.15) is 51.6 Å². The first-order chi connectivity index (χ1) is 17.8. The standard InChI is InChI=1S/C29H26N2O5S/c1-29(2)13-18-23(19(32)14-29)22(15-4-7-17(34-3)8-5-15)24-25(30)27(37-28(24)31-18)26(33)16-6-9-20-21(12-16)36-11-10-35-20/h4-9,12H,10-11,13-14,30H2,1-3H3. The van der Waals surface area contributed by atoms with Crippen molar-refractivity contribution in [3.8, 4) is 28.4 Å². The number of rotatable bonds is 4. The number of hydrogen-bond donors (Lipinski definition) is 1. The van der Waals surface area contributed by atoms with Crippen LogP contribution in [0, 0.1) is 5.41 Å². The highest BCUT2D eigenvalue weighted by Crippen LogP contribution is 2.47. The van der Waals surface area contributed by atoms with Gasteiger partial charge in [0, 0.05) is 28.5 Å². The number of nitrogens with two attached hydrogens (primary N) is 1. The van der Waals surface area contributed by atoms with Gasteiger partial charge in [0.25, 0.3) is 0 Å². The molecule has 37 heavy (non-hydrogen) atoms. The molecule has 1 aliphatic carbocycles. The number of ketones is 2. The highest BCUT2D eigenvalue weighted by atomic mass is 32.1. The van der Waals surface area contributed by atoms with Crippen LogP contribution in [0.3, 0.4) is 0 Å². The van der Waals surface area contributed by atoms with E-state index in [2.05, 4.69) is 13.8 Å². The lowest BCUT2D eigenvalue weighted by atomic mass is 9.73. The number of thiophene rings is 1. The number of hydrogen-bond acceptors (Lipinski definition) is 8. The van der Waals surface area contributed by atoms with E-state index in [1.54, 1.807) is 25.3 Å². The van der Waals surface area contributed by atoms with E-state index in [0.29, 0.717) is 75.2 Å². The Hall–Kier alpha value is -3.91. The highest BCUT2D eigenvalue weighted by molar-refractivity contribution is 7.21. The molecule has 0 saturated heterocycles. The number of carbonyl (C=O) groups is 2. The van der Waals surface area contributed by atoms with Crippen LogP contribution in [0.4, 0.5) is 5.69 Å². The summed E-state index contributed by atoms with van der Waals surface area (Å²) in [5, 5.41) is 0.642. The first-order valence-electron chi connectivity index (χ1n) is 12.1. The van der Waals surface area contributed by atoms with Gasteiger partial charge in [0.2, 0.25) is 5.78 Å². The first-order valence-corrected chi connectivity index (χ1v) is 12.9. The molecule has 2 N–H and O–H groups in total. The number of methoxy groups -OCH3 is 1. The molecule has 0 radical (unpaired) electrons. The van der Waals surface area contributed by atoms with E-state index in [-0.39, 0.29) is 17.0 Å². The average molecular weight is 515 g/mol. The van der Waals surface area contributed by atoms with Gasteiger partial charge in [-0.05, 0) is 47.7 Å². The molecule has 7 nitrogen and oxygen atoms in total.